The summed E-state index contributed by atoms with van der Waals surface area (Å²) >= 11 is 5.06. The maximum atomic E-state index is 5.06. The SMILES string of the molecule is CNC(=S)Nc1ccccc1CCOC. The van der Waals surface area contributed by atoms with Gasteiger partial charge in [-0.1, -0.05) is 18.2 Å². The van der Waals surface area contributed by atoms with Gasteiger partial charge in [0, 0.05) is 19.8 Å². The molecule has 0 bridgehead atoms. The number of anilines is 1. The molecule has 82 valence electrons. The Morgan fingerprint density at radius 3 is 2.80 bits per heavy atom. The third-order valence-corrected chi connectivity index (χ3v) is 2.37. The lowest BCUT2D eigenvalue weighted by atomic mass is 10.1. The second-order valence-electron chi connectivity index (χ2n) is 3.10. The number of rotatable bonds is 4. The Morgan fingerprint density at radius 2 is 2.13 bits per heavy atom. The van der Waals surface area contributed by atoms with Gasteiger partial charge in [-0.2, -0.15) is 0 Å². The fourth-order valence-corrected chi connectivity index (χ4v) is 1.37. The molecule has 4 heteroatoms. The van der Waals surface area contributed by atoms with Gasteiger partial charge in [-0.3, -0.25) is 0 Å². The smallest absolute Gasteiger partial charge is 0.170 e. The molecule has 0 aromatic heterocycles. The van der Waals surface area contributed by atoms with Crippen molar-refractivity contribution in [2.24, 2.45) is 0 Å². The number of para-hydroxylation sites is 1. The Hall–Kier alpha value is -1.13. The molecule has 0 saturated carbocycles. The quantitative estimate of drug-likeness (QED) is 0.764. The Morgan fingerprint density at radius 1 is 1.40 bits per heavy atom. The Labute approximate surface area is 95.8 Å². The van der Waals surface area contributed by atoms with Gasteiger partial charge in [-0.15, -0.1) is 0 Å². The molecule has 0 unspecified atom stereocenters. The van der Waals surface area contributed by atoms with Crippen molar-refractivity contribution in [3.8, 4) is 0 Å². The highest BCUT2D eigenvalue weighted by Gasteiger charge is 2.02. The van der Waals surface area contributed by atoms with Gasteiger partial charge in [0.05, 0.1) is 6.61 Å². The third-order valence-electron chi connectivity index (χ3n) is 2.07. The van der Waals surface area contributed by atoms with E-state index in [0.29, 0.717) is 11.7 Å². The van der Waals surface area contributed by atoms with Crippen LogP contribution in [-0.4, -0.2) is 25.9 Å². The van der Waals surface area contributed by atoms with Gasteiger partial charge in [-0.25, -0.2) is 0 Å². The van der Waals surface area contributed by atoms with Gasteiger partial charge in [-0.05, 0) is 30.3 Å². The van der Waals surface area contributed by atoms with Crippen molar-refractivity contribution >= 4 is 23.0 Å². The lowest BCUT2D eigenvalue weighted by Gasteiger charge is -2.11. The van der Waals surface area contributed by atoms with E-state index >= 15 is 0 Å². The lowest BCUT2D eigenvalue weighted by Crippen LogP contribution is -2.24. The highest BCUT2D eigenvalue weighted by molar-refractivity contribution is 7.80. The molecule has 1 rings (SSSR count). The first-order chi connectivity index (χ1) is 7.27. The summed E-state index contributed by atoms with van der Waals surface area (Å²) in [7, 11) is 3.50. The van der Waals surface area contributed by atoms with Crippen molar-refractivity contribution in [1.82, 2.24) is 5.32 Å². The van der Waals surface area contributed by atoms with Crippen molar-refractivity contribution < 1.29 is 4.74 Å². The summed E-state index contributed by atoms with van der Waals surface area (Å²) in [6.45, 7) is 0.713. The van der Waals surface area contributed by atoms with Crippen molar-refractivity contribution in [1.29, 1.82) is 0 Å². The van der Waals surface area contributed by atoms with Crippen molar-refractivity contribution in [2.75, 3.05) is 26.1 Å². The molecule has 1 aromatic rings. The van der Waals surface area contributed by atoms with Gasteiger partial charge in [0.15, 0.2) is 5.11 Å². The van der Waals surface area contributed by atoms with Gasteiger partial charge >= 0.3 is 0 Å². The summed E-state index contributed by atoms with van der Waals surface area (Å²) in [5, 5.41) is 6.64. The molecular formula is C11H16N2OS. The van der Waals surface area contributed by atoms with Gasteiger partial charge in [0.2, 0.25) is 0 Å². The van der Waals surface area contributed by atoms with Crippen LogP contribution in [0.4, 0.5) is 5.69 Å². The molecule has 0 radical (unpaired) electrons. The fourth-order valence-electron chi connectivity index (χ4n) is 1.26. The van der Waals surface area contributed by atoms with E-state index in [1.54, 1.807) is 14.2 Å². The predicted molar refractivity (Wildman–Crippen MR) is 67.3 cm³/mol. The molecule has 2 N–H and O–H groups in total. The van der Waals surface area contributed by atoms with Crippen LogP contribution in [0.3, 0.4) is 0 Å². The average molecular weight is 224 g/mol. The summed E-state index contributed by atoms with van der Waals surface area (Å²) in [5.41, 5.74) is 2.24. The molecule has 0 fully saturated rings. The number of hydrogen-bond acceptors (Lipinski definition) is 2. The van der Waals surface area contributed by atoms with Crippen LogP contribution in [0.5, 0.6) is 0 Å². The van der Waals surface area contributed by atoms with E-state index in [4.69, 9.17) is 17.0 Å². The van der Waals surface area contributed by atoms with Crippen molar-refractivity contribution in [3.63, 3.8) is 0 Å². The van der Waals surface area contributed by atoms with Crippen molar-refractivity contribution in [2.45, 2.75) is 6.42 Å². The number of hydrogen-bond donors (Lipinski definition) is 2. The zero-order valence-electron chi connectivity index (χ0n) is 9.04. The zero-order chi connectivity index (χ0) is 11.1. The van der Waals surface area contributed by atoms with Crippen LogP contribution in [0.25, 0.3) is 0 Å². The number of ether oxygens (including phenoxy) is 1. The molecule has 1 aromatic carbocycles. The molecule has 0 atom stereocenters. The minimum absolute atomic E-state index is 0.625. The van der Waals surface area contributed by atoms with E-state index in [0.717, 1.165) is 12.1 Å². The van der Waals surface area contributed by atoms with Gasteiger partial charge in [0.1, 0.15) is 0 Å². The lowest BCUT2D eigenvalue weighted by molar-refractivity contribution is 0.202. The molecule has 0 amide bonds. The summed E-state index contributed by atoms with van der Waals surface area (Å²) in [6.07, 6.45) is 0.881. The van der Waals surface area contributed by atoms with E-state index in [1.165, 1.54) is 5.56 Å². The molecule has 0 spiro atoms. The van der Waals surface area contributed by atoms with E-state index < -0.39 is 0 Å². The second-order valence-corrected chi connectivity index (χ2v) is 3.51. The molecule has 0 saturated heterocycles. The highest BCUT2D eigenvalue weighted by atomic mass is 32.1. The van der Waals surface area contributed by atoms with Gasteiger partial charge in [0.25, 0.3) is 0 Å². The first kappa shape index (κ1) is 11.9. The average Bonchev–Trinajstić information content (AvgIpc) is 2.28. The summed E-state index contributed by atoms with van der Waals surface area (Å²) in [5.74, 6) is 0. The summed E-state index contributed by atoms with van der Waals surface area (Å²) < 4.78 is 5.06. The molecule has 0 aliphatic heterocycles. The summed E-state index contributed by atoms with van der Waals surface area (Å²) in [6, 6.07) is 8.07. The predicted octanol–water partition coefficient (Wildman–Crippen LogP) is 1.79. The standard InChI is InChI=1S/C11H16N2OS/c1-12-11(15)13-10-6-4-3-5-9(10)7-8-14-2/h3-6H,7-8H2,1-2H3,(H2,12,13,15). The molecule has 3 nitrogen and oxygen atoms in total. The first-order valence-electron chi connectivity index (χ1n) is 4.83. The number of thiocarbonyl (C=S) groups is 1. The normalized spacial score (nSPS) is 9.73. The van der Waals surface area contributed by atoms with Crippen molar-refractivity contribution in [3.05, 3.63) is 29.8 Å². The molecular weight excluding hydrogens is 208 g/mol. The van der Waals surface area contributed by atoms with E-state index in [9.17, 15) is 0 Å². The number of methoxy groups -OCH3 is 1. The van der Waals surface area contributed by atoms with Crippen LogP contribution < -0.4 is 10.6 Å². The van der Waals surface area contributed by atoms with Gasteiger partial charge < -0.3 is 15.4 Å². The largest absolute Gasteiger partial charge is 0.384 e. The Bertz CT molecular complexity index is 328. The van der Waals surface area contributed by atoms with E-state index in [1.807, 2.05) is 18.2 Å². The number of benzene rings is 1. The Balaban J connectivity index is 2.72. The minimum Gasteiger partial charge on any atom is -0.384 e. The molecule has 0 aliphatic rings. The van der Waals surface area contributed by atoms with Crippen LogP contribution in [0.2, 0.25) is 0 Å². The van der Waals surface area contributed by atoms with Crippen LogP contribution >= 0.6 is 12.2 Å². The zero-order valence-corrected chi connectivity index (χ0v) is 9.86. The topological polar surface area (TPSA) is 33.3 Å². The molecule has 15 heavy (non-hydrogen) atoms. The monoisotopic (exact) mass is 224 g/mol. The second kappa shape index (κ2) is 6.37. The van der Waals surface area contributed by atoms with Crippen LogP contribution in [0.1, 0.15) is 5.56 Å². The highest BCUT2D eigenvalue weighted by Crippen LogP contribution is 2.15. The minimum atomic E-state index is 0.625. The number of nitrogens with one attached hydrogen (secondary N) is 2. The molecule has 0 aliphatic carbocycles. The summed E-state index contributed by atoms with van der Waals surface area (Å²) in [4.78, 5) is 0. The first-order valence-corrected chi connectivity index (χ1v) is 5.24. The van der Waals surface area contributed by atoms with Crippen LogP contribution in [0.15, 0.2) is 24.3 Å². The van der Waals surface area contributed by atoms with Crippen LogP contribution in [-0.2, 0) is 11.2 Å². The van der Waals surface area contributed by atoms with E-state index in [2.05, 4.69) is 16.7 Å². The fraction of sp³-hybridized carbons (Fsp3) is 0.364. The Kier molecular flexibility index (Phi) is 5.07. The maximum Gasteiger partial charge on any atom is 0.170 e. The third kappa shape index (κ3) is 3.85. The maximum absolute atomic E-state index is 5.06. The molecule has 0 heterocycles. The van der Waals surface area contributed by atoms with Crippen LogP contribution in [0, 0.1) is 0 Å². The van der Waals surface area contributed by atoms with E-state index in [-0.39, 0.29) is 0 Å².